The van der Waals surface area contributed by atoms with Crippen LogP contribution in [0.4, 0.5) is 5.69 Å². The Labute approximate surface area is 117 Å². The van der Waals surface area contributed by atoms with Crippen LogP contribution in [0.25, 0.3) is 0 Å². The third-order valence-corrected chi connectivity index (χ3v) is 4.01. The summed E-state index contributed by atoms with van der Waals surface area (Å²) in [5.41, 5.74) is 1.48. The Morgan fingerprint density at radius 2 is 2.00 bits per heavy atom. The lowest BCUT2D eigenvalue weighted by Crippen LogP contribution is -2.31. The fourth-order valence-electron chi connectivity index (χ4n) is 2.78. The SMILES string of the molecule is CC(=O)Nc1cc(C2CC2)cn(C2CCOCC2)c1=O. The Hall–Kier alpha value is -1.62. The van der Waals surface area contributed by atoms with Crippen LogP contribution < -0.4 is 10.9 Å². The summed E-state index contributed by atoms with van der Waals surface area (Å²) in [5, 5.41) is 2.67. The third-order valence-electron chi connectivity index (χ3n) is 4.01. The maximum Gasteiger partial charge on any atom is 0.274 e. The third kappa shape index (κ3) is 2.77. The van der Waals surface area contributed by atoms with E-state index >= 15 is 0 Å². The van der Waals surface area contributed by atoms with Crippen molar-refractivity contribution in [2.45, 2.75) is 44.6 Å². The van der Waals surface area contributed by atoms with Gasteiger partial charge in [-0.3, -0.25) is 9.59 Å². The zero-order valence-corrected chi connectivity index (χ0v) is 11.7. The van der Waals surface area contributed by atoms with Crippen LogP contribution >= 0.6 is 0 Å². The van der Waals surface area contributed by atoms with Gasteiger partial charge in [0.25, 0.3) is 5.56 Å². The summed E-state index contributed by atoms with van der Waals surface area (Å²) < 4.78 is 7.17. The van der Waals surface area contributed by atoms with Crippen molar-refractivity contribution in [3.8, 4) is 0 Å². The van der Waals surface area contributed by atoms with Crippen LogP contribution in [0.3, 0.4) is 0 Å². The highest BCUT2D eigenvalue weighted by Gasteiger charge is 2.27. The number of carbonyl (C=O) groups excluding carboxylic acids is 1. The predicted molar refractivity (Wildman–Crippen MR) is 76.1 cm³/mol. The topological polar surface area (TPSA) is 60.3 Å². The van der Waals surface area contributed by atoms with Gasteiger partial charge in [0, 0.05) is 32.4 Å². The smallest absolute Gasteiger partial charge is 0.274 e. The second-order valence-electron chi connectivity index (χ2n) is 5.70. The van der Waals surface area contributed by atoms with Gasteiger partial charge in [0.15, 0.2) is 0 Å². The maximum atomic E-state index is 12.5. The van der Waals surface area contributed by atoms with E-state index in [-0.39, 0.29) is 17.5 Å². The van der Waals surface area contributed by atoms with Crippen molar-refractivity contribution in [2.24, 2.45) is 0 Å². The number of ether oxygens (including phenoxy) is 1. The number of aromatic nitrogens is 1. The van der Waals surface area contributed by atoms with Gasteiger partial charge < -0.3 is 14.6 Å². The van der Waals surface area contributed by atoms with E-state index in [1.807, 2.05) is 12.3 Å². The standard InChI is InChI=1S/C15H20N2O3/c1-10(18)16-14-8-12(11-2-3-11)9-17(15(14)19)13-4-6-20-7-5-13/h8-9,11,13H,2-7H2,1H3,(H,16,18). The molecule has 1 aromatic heterocycles. The number of hydrogen-bond acceptors (Lipinski definition) is 3. The minimum absolute atomic E-state index is 0.100. The molecule has 0 radical (unpaired) electrons. The first kappa shape index (κ1) is 13.4. The van der Waals surface area contributed by atoms with Crippen LogP contribution in [0.2, 0.25) is 0 Å². The lowest BCUT2D eigenvalue weighted by Gasteiger charge is -2.25. The molecule has 20 heavy (non-hydrogen) atoms. The van der Waals surface area contributed by atoms with E-state index in [1.165, 1.54) is 25.3 Å². The van der Waals surface area contributed by atoms with E-state index in [1.54, 1.807) is 4.57 Å². The molecular formula is C15H20N2O3. The first-order valence-corrected chi connectivity index (χ1v) is 7.26. The summed E-state index contributed by atoms with van der Waals surface area (Å²) in [6.45, 7) is 2.82. The van der Waals surface area contributed by atoms with Crippen LogP contribution in [-0.4, -0.2) is 23.7 Å². The first-order valence-electron chi connectivity index (χ1n) is 7.26. The van der Waals surface area contributed by atoms with Crippen molar-refractivity contribution < 1.29 is 9.53 Å². The summed E-state index contributed by atoms with van der Waals surface area (Å²) >= 11 is 0. The summed E-state index contributed by atoms with van der Waals surface area (Å²) in [7, 11) is 0. The van der Waals surface area contributed by atoms with Gasteiger partial charge in [-0.05, 0) is 43.2 Å². The lowest BCUT2D eigenvalue weighted by atomic mass is 10.1. The minimum atomic E-state index is -0.200. The van der Waals surface area contributed by atoms with Crippen molar-refractivity contribution in [1.82, 2.24) is 4.57 Å². The number of pyridine rings is 1. The minimum Gasteiger partial charge on any atom is -0.381 e. The van der Waals surface area contributed by atoms with Crippen molar-refractivity contribution in [3.63, 3.8) is 0 Å². The molecule has 0 unspecified atom stereocenters. The van der Waals surface area contributed by atoms with Gasteiger partial charge in [-0.25, -0.2) is 0 Å². The number of anilines is 1. The number of nitrogens with zero attached hydrogens (tertiary/aromatic N) is 1. The molecule has 2 aliphatic rings. The maximum absolute atomic E-state index is 12.5. The first-order chi connectivity index (χ1) is 9.65. The number of rotatable bonds is 3. The van der Waals surface area contributed by atoms with Gasteiger partial charge in [-0.1, -0.05) is 0 Å². The van der Waals surface area contributed by atoms with E-state index in [2.05, 4.69) is 5.32 Å². The normalized spacial score (nSPS) is 19.9. The second-order valence-corrected chi connectivity index (χ2v) is 5.70. The molecule has 1 aliphatic carbocycles. The molecule has 1 aromatic rings. The van der Waals surface area contributed by atoms with Crippen LogP contribution in [0.5, 0.6) is 0 Å². The summed E-state index contributed by atoms with van der Waals surface area (Å²) in [6, 6.07) is 2.03. The Balaban J connectivity index is 1.99. The Bertz CT molecular complexity index is 569. The summed E-state index contributed by atoms with van der Waals surface area (Å²) in [4.78, 5) is 23.8. The molecule has 0 aromatic carbocycles. The predicted octanol–water partition coefficient (Wildman–Crippen LogP) is 2.04. The molecule has 2 fully saturated rings. The summed E-state index contributed by atoms with van der Waals surface area (Å²) in [6.07, 6.45) is 6.04. The van der Waals surface area contributed by atoms with Crippen LogP contribution in [-0.2, 0) is 9.53 Å². The molecular weight excluding hydrogens is 256 g/mol. The Morgan fingerprint density at radius 3 is 2.60 bits per heavy atom. The molecule has 3 rings (SSSR count). The van der Waals surface area contributed by atoms with Gasteiger partial charge in [-0.15, -0.1) is 0 Å². The summed E-state index contributed by atoms with van der Waals surface area (Å²) in [5.74, 6) is 0.350. The molecule has 0 bridgehead atoms. The van der Waals surface area contributed by atoms with Crippen LogP contribution in [0.15, 0.2) is 17.1 Å². The molecule has 0 spiro atoms. The Kier molecular flexibility index (Phi) is 3.61. The van der Waals surface area contributed by atoms with Gasteiger partial charge >= 0.3 is 0 Å². The van der Waals surface area contributed by atoms with Gasteiger partial charge in [0.2, 0.25) is 5.91 Å². The second kappa shape index (κ2) is 5.40. The molecule has 108 valence electrons. The quantitative estimate of drug-likeness (QED) is 0.919. The lowest BCUT2D eigenvalue weighted by molar-refractivity contribution is -0.114. The monoisotopic (exact) mass is 276 g/mol. The molecule has 1 N–H and O–H groups in total. The molecule has 1 saturated carbocycles. The van der Waals surface area contributed by atoms with Crippen LogP contribution in [0.1, 0.15) is 50.1 Å². The van der Waals surface area contributed by atoms with Crippen molar-refractivity contribution in [1.29, 1.82) is 0 Å². The van der Waals surface area contributed by atoms with Gasteiger partial charge in [0.05, 0.1) is 0 Å². The van der Waals surface area contributed by atoms with E-state index in [0.717, 1.165) is 12.8 Å². The van der Waals surface area contributed by atoms with Crippen LogP contribution in [0, 0.1) is 0 Å². The zero-order valence-electron chi connectivity index (χ0n) is 11.7. The highest BCUT2D eigenvalue weighted by Crippen LogP contribution is 2.40. The largest absolute Gasteiger partial charge is 0.381 e. The highest BCUT2D eigenvalue weighted by atomic mass is 16.5. The molecule has 0 atom stereocenters. The molecule has 1 aliphatic heterocycles. The van der Waals surface area contributed by atoms with Gasteiger partial charge in [-0.2, -0.15) is 0 Å². The van der Waals surface area contributed by atoms with Gasteiger partial charge in [0.1, 0.15) is 5.69 Å². The Morgan fingerprint density at radius 1 is 1.30 bits per heavy atom. The molecule has 1 saturated heterocycles. The fourth-order valence-corrected chi connectivity index (χ4v) is 2.78. The zero-order chi connectivity index (χ0) is 14.1. The molecule has 5 nitrogen and oxygen atoms in total. The van der Waals surface area contributed by atoms with E-state index in [9.17, 15) is 9.59 Å². The van der Waals surface area contributed by atoms with E-state index < -0.39 is 0 Å². The number of amides is 1. The molecule has 5 heteroatoms. The van der Waals surface area contributed by atoms with Crippen molar-refractivity contribution in [2.75, 3.05) is 18.5 Å². The van der Waals surface area contributed by atoms with E-state index in [4.69, 9.17) is 4.74 Å². The van der Waals surface area contributed by atoms with Crippen molar-refractivity contribution >= 4 is 11.6 Å². The average Bonchev–Trinajstić information content (AvgIpc) is 3.26. The van der Waals surface area contributed by atoms with E-state index in [0.29, 0.717) is 24.8 Å². The highest BCUT2D eigenvalue weighted by molar-refractivity contribution is 5.88. The average molecular weight is 276 g/mol. The number of carbonyl (C=O) groups is 1. The molecule has 2 heterocycles. The molecule has 1 amide bonds. The fraction of sp³-hybridized carbons (Fsp3) is 0.600. The number of nitrogens with one attached hydrogen (secondary N) is 1. The number of hydrogen-bond donors (Lipinski definition) is 1. The van der Waals surface area contributed by atoms with Crippen molar-refractivity contribution in [3.05, 3.63) is 28.2 Å².